The molecule has 1 N–H and O–H groups in total. The Morgan fingerprint density at radius 3 is 2.55 bits per heavy atom. The fraction of sp³-hybridized carbons (Fsp3) is 0.0455. The zero-order chi connectivity index (χ0) is 22.3. The van der Waals surface area contributed by atoms with Crippen LogP contribution in [0.1, 0.15) is 11.3 Å². The highest BCUT2D eigenvalue weighted by atomic mass is 79.9. The van der Waals surface area contributed by atoms with Crippen molar-refractivity contribution in [1.29, 1.82) is 0 Å². The summed E-state index contributed by atoms with van der Waals surface area (Å²) in [5, 5.41) is 3.09. The minimum atomic E-state index is -0.845. The standard InChI is InChI=1S/C22H13BrCl2N2O4/c1-11-16(24)3-2-4-18(11)27-21(29)14(20(28)26-22(27)30)10-13-6-8-19(31-13)12-5-7-15(23)17(25)9-12/h2-10H,1H3,(H,26,28,30)/b14-10+. The molecule has 1 fully saturated rings. The zero-order valence-corrected chi connectivity index (χ0v) is 19.0. The number of amides is 4. The molecular weight excluding hydrogens is 507 g/mol. The largest absolute Gasteiger partial charge is 0.457 e. The Morgan fingerprint density at radius 1 is 1.03 bits per heavy atom. The van der Waals surface area contributed by atoms with Gasteiger partial charge in [0.2, 0.25) is 0 Å². The monoisotopic (exact) mass is 518 g/mol. The average Bonchev–Trinajstić information content (AvgIpc) is 3.19. The smallest absolute Gasteiger partial charge is 0.335 e. The van der Waals surface area contributed by atoms with Crippen molar-refractivity contribution in [2.45, 2.75) is 6.92 Å². The molecule has 0 bridgehead atoms. The third kappa shape index (κ3) is 4.04. The number of anilines is 1. The van der Waals surface area contributed by atoms with Gasteiger partial charge in [-0.25, -0.2) is 9.69 Å². The molecule has 1 aromatic heterocycles. The third-order valence-electron chi connectivity index (χ3n) is 4.70. The molecule has 0 atom stereocenters. The van der Waals surface area contributed by atoms with E-state index < -0.39 is 17.8 Å². The predicted molar refractivity (Wildman–Crippen MR) is 122 cm³/mol. The summed E-state index contributed by atoms with van der Waals surface area (Å²) in [6.45, 7) is 1.68. The highest BCUT2D eigenvalue weighted by molar-refractivity contribution is 9.10. The van der Waals surface area contributed by atoms with Crippen LogP contribution >= 0.6 is 39.1 Å². The third-order valence-corrected chi connectivity index (χ3v) is 6.34. The fourth-order valence-electron chi connectivity index (χ4n) is 3.09. The molecule has 1 saturated heterocycles. The summed E-state index contributed by atoms with van der Waals surface area (Å²) in [5.74, 6) is -0.812. The molecule has 2 aromatic carbocycles. The van der Waals surface area contributed by atoms with Gasteiger partial charge in [0.05, 0.1) is 10.7 Å². The minimum Gasteiger partial charge on any atom is -0.457 e. The van der Waals surface area contributed by atoms with Gasteiger partial charge in [-0.1, -0.05) is 35.3 Å². The summed E-state index contributed by atoms with van der Waals surface area (Å²) >= 11 is 15.6. The molecule has 0 aliphatic carbocycles. The number of hydrogen-bond acceptors (Lipinski definition) is 4. The minimum absolute atomic E-state index is 0.242. The number of urea groups is 1. The Labute approximate surface area is 195 Å². The van der Waals surface area contributed by atoms with Crippen LogP contribution in [0.3, 0.4) is 0 Å². The quantitative estimate of drug-likeness (QED) is 0.340. The molecule has 156 valence electrons. The lowest BCUT2D eigenvalue weighted by Gasteiger charge is -2.27. The first-order valence-electron chi connectivity index (χ1n) is 8.98. The van der Waals surface area contributed by atoms with Gasteiger partial charge >= 0.3 is 6.03 Å². The van der Waals surface area contributed by atoms with Gasteiger partial charge in [-0.3, -0.25) is 14.9 Å². The van der Waals surface area contributed by atoms with E-state index in [-0.39, 0.29) is 17.0 Å². The highest BCUT2D eigenvalue weighted by Gasteiger charge is 2.37. The first-order valence-corrected chi connectivity index (χ1v) is 10.5. The van der Waals surface area contributed by atoms with Gasteiger partial charge in [-0.05, 0) is 70.9 Å². The lowest BCUT2D eigenvalue weighted by molar-refractivity contribution is -0.122. The number of halogens is 3. The summed E-state index contributed by atoms with van der Waals surface area (Å²) in [4.78, 5) is 38.7. The fourth-order valence-corrected chi connectivity index (χ4v) is 3.69. The molecule has 2 heterocycles. The number of benzene rings is 2. The number of carbonyl (C=O) groups excluding carboxylic acids is 3. The number of carbonyl (C=O) groups is 3. The van der Waals surface area contributed by atoms with Crippen molar-refractivity contribution in [3.8, 4) is 11.3 Å². The number of imide groups is 2. The molecule has 31 heavy (non-hydrogen) atoms. The highest BCUT2D eigenvalue weighted by Crippen LogP contribution is 2.32. The molecule has 0 saturated carbocycles. The number of barbiturate groups is 1. The normalized spacial score (nSPS) is 15.5. The Hall–Kier alpha value is -2.87. The van der Waals surface area contributed by atoms with Gasteiger partial charge in [0.25, 0.3) is 11.8 Å². The van der Waals surface area contributed by atoms with Crippen molar-refractivity contribution in [3.63, 3.8) is 0 Å². The van der Waals surface area contributed by atoms with Crippen LogP contribution in [0.15, 0.2) is 63.0 Å². The second kappa shape index (κ2) is 8.34. The SMILES string of the molecule is Cc1c(Cl)cccc1N1C(=O)NC(=O)/C(=C\c2ccc(-c3ccc(Br)c(Cl)c3)o2)C1=O. The Kier molecular flexibility index (Phi) is 5.75. The van der Waals surface area contributed by atoms with E-state index in [2.05, 4.69) is 21.2 Å². The van der Waals surface area contributed by atoms with Crippen molar-refractivity contribution < 1.29 is 18.8 Å². The average molecular weight is 520 g/mol. The Balaban J connectivity index is 1.70. The summed E-state index contributed by atoms with van der Waals surface area (Å²) in [7, 11) is 0. The Bertz CT molecular complexity index is 1280. The molecule has 3 aromatic rings. The number of rotatable bonds is 3. The summed E-state index contributed by atoms with van der Waals surface area (Å²) in [6, 6.07) is 12.6. The number of nitrogens with zero attached hydrogens (tertiary/aromatic N) is 1. The van der Waals surface area contributed by atoms with Crippen LogP contribution in [0, 0.1) is 6.92 Å². The van der Waals surface area contributed by atoms with E-state index in [0.29, 0.717) is 21.4 Å². The van der Waals surface area contributed by atoms with E-state index in [4.69, 9.17) is 27.6 Å². The summed E-state index contributed by atoms with van der Waals surface area (Å²) < 4.78 is 6.52. The van der Waals surface area contributed by atoms with Crippen molar-refractivity contribution in [2.75, 3.05) is 4.90 Å². The van der Waals surface area contributed by atoms with Gasteiger partial charge in [0, 0.05) is 15.1 Å². The zero-order valence-electron chi connectivity index (χ0n) is 15.9. The molecule has 0 radical (unpaired) electrons. The van der Waals surface area contributed by atoms with Gasteiger partial charge in [0.15, 0.2) is 0 Å². The topological polar surface area (TPSA) is 79.6 Å². The molecule has 1 aliphatic heterocycles. The predicted octanol–water partition coefficient (Wildman–Crippen LogP) is 5.99. The van der Waals surface area contributed by atoms with Gasteiger partial charge in [-0.2, -0.15) is 0 Å². The van der Waals surface area contributed by atoms with Crippen molar-refractivity contribution in [3.05, 3.63) is 79.9 Å². The van der Waals surface area contributed by atoms with Crippen molar-refractivity contribution in [2.24, 2.45) is 0 Å². The lowest BCUT2D eigenvalue weighted by atomic mass is 10.1. The van der Waals surface area contributed by atoms with E-state index in [9.17, 15) is 14.4 Å². The number of nitrogens with one attached hydrogen (secondary N) is 1. The van der Waals surface area contributed by atoms with Gasteiger partial charge < -0.3 is 4.42 Å². The molecule has 1 aliphatic rings. The second-order valence-corrected chi connectivity index (χ2v) is 8.34. The van der Waals surface area contributed by atoms with Crippen LogP contribution in [0.4, 0.5) is 10.5 Å². The molecule has 0 unspecified atom stereocenters. The van der Waals surface area contributed by atoms with E-state index in [1.54, 1.807) is 49.4 Å². The van der Waals surface area contributed by atoms with Crippen LogP contribution in [0.2, 0.25) is 10.0 Å². The van der Waals surface area contributed by atoms with Crippen molar-refractivity contribution in [1.82, 2.24) is 5.32 Å². The number of furan rings is 1. The van der Waals surface area contributed by atoms with Crippen LogP contribution in [0.25, 0.3) is 17.4 Å². The van der Waals surface area contributed by atoms with Crippen LogP contribution in [-0.2, 0) is 9.59 Å². The first kappa shape index (κ1) is 21.4. The molecule has 9 heteroatoms. The maximum absolute atomic E-state index is 13.0. The van der Waals surface area contributed by atoms with E-state index >= 15 is 0 Å². The molecule has 4 rings (SSSR count). The molecule has 0 spiro atoms. The van der Waals surface area contributed by atoms with E-state index in [1.165, 1.54) is 6.08 Å². The van der Waals surface area contributed by atoms with Crippen LogP contribution < -0.4 is 10.2 Å². The lowest BCUT2D eigenvalue weighted by Crippen LogP contribution is -2.54. The maximum Gasteiger partial charge on any atom is 0.335 e. The molecule has 6 nitrogen and oxygen atoms in total. The molecular formula is C22H13BrCl2N2O4. The first-order chi connectivity index (χ1) is 14.8. The maximum atomic E-state index is 13.0. The van der Waals surface area contributed by atoms with Crippen molar-refractivity contribution >= 4 is 68.7 Å². The van der Waals surface area contributed by atoms with Gasteiger partial charge in [0.1, 0.15) is 17.1 Å². The van der Waals surface area contributed by atoms with Gasteiger partial charge in [-0.15, -0.1) is 0 Å². The summed E-state index contributed by atoms with van der Waals surface area (Å²) in [5.41, 5.74) is 1.31. The van der Waals surface area contributed by atoms with Crippen LogP contribution in [-0.4, -0.2) is 17.8 Å². The second-order valence-electron chi connectivity index (χ2n) is 6.67. The summed E-state index contributed by atoms with van der Waals surface area (Å²) in [6.07, 6.45) is 1.29. The van der Waals surface area contributed by atoms with E-state index in [1.807, 2.05) is 6.07 Å². The van der Waals surface area contributed by atoms with E-state index in [0.717, 1.165) is 14.9 Å². The molecule has 4 amide bonds. The Morgan fingerprint density at radius 2 is 1.81 bits per heavy atom. The number of hydrogen-bond donors (Lipinski definition) is 1. The van der Waals surface area contributed by atoms with Crippen LogP contribution in [0.5, 0.6) is 0 Å².